The fourth-order valence-electron chi connectivity index (χ4n) is 1.90. The van der Waals surface area contributed by atoms with Crippen LogP contribution in [0.4, 0.5) is 0 Å². The molecule has 1 unspecified atom stereocenters. The van der Waals surface area contributed by atoms with Gasteiger partial charge < -0.3 is 10.1 Å². The Morgan fingerprint density at radius 1 is 1.25 bits per heavy atom. The molecule has 1 atom stereocenters. The summed E-state index contributed by atoms with van der Waals surface area (Å²) in [5, 5.41) is 3.54. The Morgan fingerprint density at radius 3 is 2.38 bits per heavy atom. The van der Waals surface area contributed by atoms with Crippen LogP contribution in [0.2, 0.25) is 0 Å². The fraction of sp³-hybridized carbons (Fsp3) is 0.571. The predicted octanol–water partition coefficient (Wildman–Crippen LogP) is 2.82. The Kier molecular flexibility index (Phi) is 5.50. The average molecular weight is 221 g/mol. The second-order valence-electron chi connectivity index (χ2n) is 4.31. The highest BCUT2D eigenvalue weighted by molar-refractivity contribution is 5.33. The van der Waals surface area contributed by atoms with Crippen LogP contribution in [-0.2, 0) is 11.3 Å². The van der Waals surface area contributed by atoms with E-state index in [0.29, 0.717) is 6.04 Å². The van der Waals surface area contributed by atoms with Crippen LogP contribution in [0.3, 0.4) is 0 Å². The van der Waals surface area contributed by atoms with Crippen molar-refractivity contribution in [3.8, 4) is 0 Å². The minimum atomic E-state index is 0.448. The summed E-state index contributed by atoms with van der Waals surface area (Å²) in [5.41, 5.74) is 4.14. The van der Waals surface area contributed by atoms with Crippen molar-refractivity contribution in [2.75, 3.05) is 13.7 Å². The van der Waals surface area contributed by atoms with Gasteiger partial charge in [-0.3, -0.25) is 0 Å². The second-order valence-corrected chi connectivity index (χ2v) is 4.31. The summed E-state index contributed by atoms with van der Waals surface area (Å²) < 4.78 is 5.18. The largest absolute Gasteiger partial charge is 0.383 e. The molecular formula is C14H23NO. The van der Waals surface area contributed by atoms with Crippen molar-refractivity contribution in [3.63, 3.8) is 0 Å². The lowest BCUT2D eigenvalue weighted by Crippen LogP contribution is -2.32. The lowest BCUT2D eigenvalue weighted by atomic mass is 10.0. The van der Waals surface area contributed by atoms with E-state index >= 15 is 0 Å². The Balaban J connectivity index is 2.59. The van der Waals surface area contributed by atoms with Gasteiger partial charge in [-0.05, 0) is 37.0 Å². The standard InChI is InChI=1S/C14H23NO/c1-5-13(10-16-4)15-9-14-11(2)7-6-8-12(14)3/h6-8,13,15H,5,9-10H2,1-4H3. The van der Waals surface area contributed by atoms with Gasteiger partial charge in [0.1, 0.15) is 0 Å². The molecule has 1 N–H and O–H groups in total. The smallest absolute Gasteiger partial charge is 0.0615 e. The van der Waals surface area contributed by atoms with Crippen LogP contribution < -0.4 is 5.32 Å². The van der Waals surface area contributed by atoms with Crippen LogP contribution in [0.25, 0.3) is 0 Å². The molecule has 0 saturated carbocycles. The zero-order chi connectivity index (χ0) is 12.0. The molecule has 0 aliphatic heterocycles. The van der Waals surface area contributed by atoms with E-state index in [1.165, 1.54) is 16.7 Å². The van der Waals surface area contributed by atoms with Gasteiger partial charge in [-0.25, -0.2) is 0 Å². The summed E-state index contributed by atoms with van der Waals surface area (Å²) in [4.78, 5) is 0. The number of methoxy groups -OCH3 is 1. The van der Waals surface area contributed by atoms with E-state index in [9.17, 15) is 0 Å². The first-order valence-corrected chi connectivity index (χ1v) is 5.96. The van der Waals surface area contributed by atoms with Gasteiger partial charge in [0.05, 0.1) is 6.61 Å². The molecule has 0 heterocycles. The van der Waals surface area contributed by atoms with Crippen molar-refractivity contribution in [1.29, 1.82) is 0 Å². The van der Waals surface area contributed by atoms with E-state index < -0.39 is 0 Å². The Bertz CT molecular complexity index is 302. The van der Waals surface area contributed by atoms with Crippen molar-refractivity contribution in [2.24, 2.45) is 0 Å². The number of benzene rings is 1. The van der Waals surface area contributed by atoms with E-state index in [0.717, 1.165) is 19.6 Å². The van der Waals surface area contributed by atoms with Crippen LogP contribution in [0.5, 0.6) is 0 Å². The Labute approximate surface area is 99.0 Å². The number of aryl methyl sites for hydroxylation is 2. The highest BCUT2D eigenvalue weighted by atomic mass is 16.5. The highest BCUT2D eigenvalue weighted by Gasteiger charge is 2.07. The van der Waals surface area contributed by atoms with Crippen LogP contribution >= 0.6 is 0 Å². The molecule has 0 bridgehead atoms. The summed E-state index contributed by atoms with van der Waals surface area (Å²) in [6.45, 7) is 8.23. The second kappa shape index (κ2) is 6.66. The molecular weight excluding hydrogens is 198 g/mol. The third-order valence-electron chi connectivity index (χ3n) is 3.07. The third-order valence-corrected chi connectivity index (χ3v) is 3.07. The van der Waals surface area contributed by atoms with Gasteiger partial charge in [0.15, 0.2) is 0 Å². The normalized spacial score (nSPS) is 12.8. The van der Waals surface area contributed by atoms with Crippen molar-refractivity contribution in [3.05, 3.63) is 34.9 Å². The summed E-state index contributed by atoms with van der Waals surface area (Å²) in [5.74, 6) is 0. The van der Waals surface area contributed by atoms with Crippen molar-refractivity contribution >= 4 is 0 Å². The molecule has 0 aliphatic carbocycles. The fourth-order valence-corrected chi connectivity index (χ4v) is 1.90. The maximum atomic E-state index is 5.18. The van der Waals surface area contributed by atoms with Crippen LogP contribution in [0.15, 0.2) is 18.2 Å². The van der Waals surface area contributed by atoms with E-state index in [2.05, 4.69) is 44.3 Å². The lowest BCUT2D eigenvalue weighted by molar-refractivity contribution is 0.163. The molecule has 0 aliphatic rings. The summed E-state index contributed by atoms with van der Waals surface area (Å²) in [7, 11) is 1.75. The van der Waals surface area contributed by atoms with Crippen LogP contribution in [0, 0.1) is 13.8 Å². The maximum absolute atomic E-state index is 5.18. The molecule has 0 saturated heterocycles. The highest BCUT2D eigenvalue weighted by Crippen LogP contribution is 2.13. The van der Waals surface area contributed by atoms with Crippen LogP contribution in [-0.4, -0.2) is 19.8 Å². The molecule has 1 aromatic carbocycles. The first-order chi connectivity index (χ1) is 7.69. The number of hydrogen-bond acceptors (Lipinski definition) is 2. The molecule has 1 rings (SSSR count). The van der Waals surface area contributed by atoms with Gasteiger partial charge in [-0.2, -0.15) is 0 Å². The van der Waals surface area contributed by atoms with E-state index in [-0.39, 0.29) is 0 Å². The van der Waals surface area contributed by atoms with Gasteiger partial charge in [-0.15, -0.1) is 0 Å². The van der Waals surface area contributed by atoms with Gasteiger partial charge in [0, 0.05) is 19.7 Å². The van der Waals surface area contributed by atoms with E-state index in [1.54, 1.807) is 7.11 Å². The quantitative estimate of drug-likeness (QED) is 0.797. The number of rotatable bonds is 6. The molecule has 0 aromatic heterocycles. The monoisotopic (exact) mass is 221 g/mol. The maximum Gasteiger partial charge on any atom is 0.0615 e. The number of nitrogens with one attached hydrogen (secondary N) is 1. The molecule has 0 radical (unpaired) electrons. The zero-order valence-corrected chi connectivity index (χ0v) is 10.8. The Hall–Kier alpha value is -0.860. The molecule has 16 heavy (non-hydrogen) atoms. The molecule has 2 nitrogen and oxygen atoms in total. The van der Waals surface area contributed by atoms with E-state index in [1.807, 2.05) is 0 Å². The molecule has 0 spiro atoms. The van der Waals surface area contributed by atoms with Gasteiger partial charge >= 0.3 is 0 Å². The van der Waals surface area contributed by atoms with Crippen molar-refractivity contribution < 1.29 is 4.74 Å². The van der Waals surface area contributed by atoms with Gasteiger partial charge in [0.2, 0.25) is 0 Å². The molecule has 1 aromatic rings. The topological polar surface area (TPSA) is 21.3 Å². The third kappa shape index (κ3) is 3.62. The van der Waals surface area contributed by atoms with Gasteiger partial charge in [0.25, 0.3) is 0 Å². The number of hydrogen-bond donors (Lipinski definition) is 1. The van der Waals surface area contributed by atoms with Crippen molar-refractivity contribution in [1.82, 2.24) is 5.32 Å². The van der Waals surface area contributed by atoms with Gasteiger partial charge in [-0.1, -0.05) is 25.1 Å². The lowest BCUT2D eigenvalue weighted by Gasteiger charge is -2.18. The molecule has 90 valence electrons. The molecule has 2 heteroatoms. The number of ether oxygens (including phenoxy) is 1. The minimum absolute atomic E-state index is 0.448. The molecule has 0 amide bonds. The summed E-state index contributed by atoms with van der Waals surface area (Å²) >= 11 is 0. The first kappa shape index (κ1) is 13.2. The Morgan fingerprint density at radius 2 is 1.88 bits per heavy atom. The van der Waals surface area contributed by atoms with E-state index in [4.69, 9.17) is 4.74 Å². The SMILES string of the molecule is CCC(COC)NCc1c(C)cccc1C. The molecule has 0 fully saturated rings. The average Bonchev–Trinajstić information content (AvgIpc) is 2.27. The minimum Gasteiger partial charge on any atom is -0.383 e. The predicted molar refractivity (Wildman–Crippen MR) is 68.7 cm³/mol. The van der Waals surface area contributed by atoms with Crippen LogP contribution in [0.1, 0.15) is 30.0 Å². The zero-order valence-electron chi connectivity index (χ0n) is 10.8. The first-order valence-electron chi connectivity index (χ1n) is 5.96. The summed E-state index contributed by atoms with van der Waals surface area (Å²) in [6.07, 6.45) is 1.10. The van der Waals surface area contributed by atoms with Crippen molar-refractivity contribution in [2.45, 2.75) is 39.8 Å². The summed E-state index contributed by atoms with van der Waals surface area (Å²) in [6, 6.07) is 6.90.